The highest BCUT2D eigenvalue weighted by molar-refractivity contribution is 6.11. The fourth-order valence-corrected chi connectivity index (χ4v) is 4.72. The molecule has 0 saturated heterocycles. The number of nitrogens with zero attached hydrogens (tertiary/aromatic N) is 1. The summed E-state index contributed by atoms with van der Waals surface area (Å²) in [7, 11) is 1.58. The highest BCUT2D eigenvalue weighted by atomic mass is 19.4. The average Bonchev–Trinajstić information content (AvgIpc) is 3.07. The van der Waals surface area contributed by atoms with Crippen molar-refractivity contribution >= 4 is 17.4 Å². The van der Waals surface area contributed by atoms with Gasteiger partial charge in [-0.15, -0.1) is 0 Å². The van der Waals surface area contributed by atoms with E-state index in [1.165, 1.54) is 12.1 Å². The Morgan fingerprint density at radius 1 is 0.895 bits per heavy atom. The van der Waals surface area contributed by atoms with Crippen molar-refractivity contribution in [2.75, 3.05) is 13.7 Å². The van der Waals surface area contributed by atoms with E-state index in [0.29, 0.717) is 28.3 Å². The fraction of sp³-hybridized carbons (Fsp3) is 0.161. The zero-order valence-electron chi connectivity index (χ0n) is 20.8. The number of ether oxygens (including phenoxy) is 2. The summed E-state index contributed by atoms with van der Waals surface area (Å²) >= 11 is 0. The van der Waals surface area contributed by atoms with Crippen LogP contribution in [0.15, 0.2) is 96.0 Å². The van der Waals surface area contributed by atoms with Gasteiger partial charge in [0.2, 0.25) is 0 Å². The largest absolute Gasteiger partial charge is 0.497 e. The Morgan fingerprint density at radius 3 is 2.26 bits per heavy atom. The molecule has 1 heterocycles. The molecule has 1 aliphatic heterocycles. The predicted molar refractivity (Wildman–Crippen MR) is 140 cm³/mol. The maximum Gasteiger partial charge on any atom is 0.416 e. The molecular formula is C31H24F3NO3. The Labute approximate surface area is 218 Å². The molecule has 4 aromatic carbocycles. The van der Waals surface area contributed by atoms with E-state index < -0.39 is 23.6 Å². The van der Waals surface area contributed by atoms with Crippen LogP contribution in [0, 0.1) is 0 Å². The normalized spacial score (nSPS) is 14.6. The average molecular weight is 516 g/mol. The number of esters is 1. The minimum Gasteiger partial charge on any atom is -0.497 e. The second-order valence-corrected chi connectivity index (χ2v) is 8.82. The minimum atomic E-state index is -4.44. The molecule has 0 amide bonds. The summed E-state index contributed by atoms with van der Waals surface area (Å²) in [5.74, 6) is -0.232. The number of carbonyl (C=O) groups excluding carboxylic acids is 1. The molecule has 0 saturated carbocycles. The van der Waals surface area contributed by atoms with E-state index in [9.17, 15) is 18.0 Å². The maximum absolute atomic E-state index is 13.3. The van der Waals surface area contributed by atoms with Crippen LogP contribution in [0.4, 0.5) is 18.9 Å². The molecule has 5 rings (SSSR count). The number of fused-ring (bicyclic) bond motifs is 3. The summed E-state index contributed by atoms with van der Waals surface area (Å²) in [6.07, 6.45) is -4.44. The monoisotopic (exact) mass is 515 g/mol. The molecule has 0 aliphatic carbocycles. The summed E-state index contributed by atoms with van der Waals surface area (Å²) in [6, 6.07) is 25.5. The van der Waals surface area contributed by atoms with Crippen LogP contribution in [0.5, 0.6) is 5.75 Å². The van der Waals surface area contributed by atoms with E-state index in [1.54, 1.807) is 32.2 Å². The van der Waals surface area contributed by atoms with Gasteiger partial charge in [0, 0.05) is 5.56 Å². The Bertz CT molecular complexity index is 1510. The van der Waals surface area contributed by atoms with Crippen LogP contribution in [-0.4, -0.2) is 25.4 Å². The third kappa shape index (κ3) is 4.79. The number of halogens is 3. The number of hydrogen-bond donors (Lipinski definition) is 0. The topological polar surface area (TPSA) is 47.9 Å². The van der Waals surface area contributed by atoms with Crippen LogP contribution in [-0.2, 0) is 10.9 Å². The Balaban J connectivity index is 1.75. The van der Waals surface area contributed by atoms with Gasteiger partial charge in [-0.2, -0.15) is 13.2 Å². The predicted octanol–water partition coefficient (Wildman–Crippen LogP) is 7.82. The van der Waals surface area contributed by atoms with Crippen LogP contribution in [0.25, 0.3) is 11.1 Å². The second-order valence-electron chi connectivity index (χ2n) is 8.82. The van der Waals surface area contributed by atoms with Gasteiger partial charge in [0.05, 0.1) is 42.2 Å². The standard InChI is InChI=1S/C31H24F3NO3/c1-3-38-30(36)21-12-17-27-26(18-21)24-6-4-5-7-25(24)28(19-8-13-22(14-9-19)31(32,33)34)29(35-27)20-10-15-23(37-2)16-11-20/h4-18,28H,3H2,1-2H3/t28-/m0/s1. The van der Waals surface area contributed by atoms with Crippen LogP contribution in [0.1, 0.15) is 45.5 Å². The fourth-order valence-electron chi connectivity index (χ4n) is 4.72. The molecule has 0 fully saturated rings. The molecule has 1 aliphatic rings. The summed E-state index contributed by atoms with van der Waals surface area (Å²) in [6.45, 7) is 2.00. The van der Waals surface area contributed by atoms with Gasteiger partial charge in [-0.25, -0.2) is 4.79 Å². The van der Waals surface area contributed by atoms with Crippen LogP contribution < -0.4 is 4.74 Å². The van der Waals surface area contributed by atoms with Crippen molar-refractivity contribution in [2.24, 2.45) is 4.99 Å². The van der Waals surface area contributed by atoms with Gasteiger partial charge in [-0.05, 0) is 83.8 Å². The van der Waals surface area contributed by atoms with Gasteiger partial charge in [0.25, 0.3) is 0 Å². The van der Waals surface area contributed by atoms with Crippen molar-refractivity contribution in [1.82, 2.24) is 0 Å². The quantitative estimate of drug-likeness (QED) is 0.255. The maximum atomic E-state index is 13.3. The molecule has 0 aromatic heterocycles. The molecule has 4 aromatic rings. The summed E-state index contributed by atoms with van der Waals surface area (Å²) in [5.41, 5.74) is 4.90. The lowest BCUT2D eigenvalue weighted by Crippen LogP contribution is -2.16. The summed E-state index contributed by atoms with van der Waals surface area (Å²) in [5, 5.41) is 0. The molecular weight excluding hydrogens is 491 g/mol. The van der Waals surface area contributed by atoms with E-state index in [4.69, 9.17) is 14.5 Å². The second kappa shape index (κ2) is 10.2. The lowest BCUT2D eigenvalue weighted by molar-refractivity contribution is -0.137. The molecule has 0 N–H and O–H groups in total. The van der Waals surface area contributed by atoms with Gasteiger partial charge >= 0.3 is 12.1 Å². The third-order valence-electron chi connectivity index (χ3n) is 6.54. The van der Waals surface area contributed by atoms with Crippen molar-refractivity contribution in [3.8, 4) is 16.9 Å². The van der Waals surface area contributed by atoms with Crippen molar-refractivity contribution in [1.29, 1.82) is 0 Å². The molecule has 1 atom stereocenters. The van der Waals surface area contributed by atoms with Crippen molar-refractivity contribution in [3.05, 3.63) is 119 Å². The third-order valence-corrected chi connectivity index (χ3v) is 6.54. The van der Waals surface area contributed by atoms with E-state index >= 15 is 0 Å². The minimum absolute atomic E-state index is 0.252. The van der Waals surface area contributed by atoms with E-state index in [2.05, 4.69) is 0 Å². The number of carbonyl (C=O) groups is 1. The molecule has 0 unspecified atom stereocenters. The molecule has 0 bridgehead atoms. The Morgan fingerprint density at radius 2 is 1.61 bits per heavy atom. The molecule has 4 nitrogen and oxygen atoms in total. The van der Waals surface area contributed by atoms with Crippen molar-refractivity contribution < 1.29 is 27.4 Å². The van der Waals surface area contributed by atoms with Gasteiger partial charge in [0.1, 0.15) is 5.75 Å². The zero-order valence-corrected chi connectivity index (χ0v) is 20.8. The van der Waals surface area contributed by atoms with Crippen LogP contribution in [0.2, 0.25) is 0 Å². The highest BCUT2D eigenvalue weighted by Gasteiger charge is 2.32. The highest BCUT2D eigenvalue weighted by Crippen LogP contribution is 2.44. The molecule has 192 valence electrons. The summed E-state index contributed by atoms with van der Waals surface area (Å²) in [4.78, 5) is 17.6. The number of methoxy groups -OCH3 is 1. The van der Waals surface area contributed by atoms with E-state index in [0.717, 1.165) is 34.4 Å². The molecule has 0 radical (unpaired) electrons. The lowest BCUT2D eigenvalue weighted by atomic mass is 9.81. The first-order valence-corrected chi connectivity index (χ1v) is 12.1. The first kappa shape index (κ1) is 25.3. The van der Waals surface area contributed by atoms with E-state index in [-0.39, 0.29) is 6.61 Å². The van der Waals surface area contributed by atoms with Crippen LogP contribution in [0.3, 0.4) is 0 Å². The number of alkyl halides is 3. The first-order valence-electron chi connectivity index (χ1n) is 12.1. The van der Waals surface area contributed by atoms with Gasteiger partial charge < -0.3 is 9.47 Å². The van der Waals surface area contributed by atoms with E-state index in [1.807, 2.05) is 48.5 Å². The first-order chi connectivity index (χ1) is 18.3. The number of aliphatic imine (C=N–C) groups is 1. The van der Waals surface area contributed by atoms with Crippen LogP contribution >= 0.6 is 0 Å². The molecule has 0 spiro atoms. The Kier molecular flexibility index (Phi) is 6.76. The number of rotatable bonds is 5. The van der Waals surface area contributed by atoms with Crippen molar-refractivity contribution in [2.45, 2.75) is 19.0 Å². The van der Waals surface area contributed by atoms with Crippen molar-refractivity contribution in [3.63, 3.8) is 0 Å². The molecule has 38 heavy (non-hydrogen) atoms. The number of hydrogen-bond acceptors (Lipinski definition) is 4. The Hall–Kier alpha value is -4.39. The van der Waals surface area contributed by atoms with Gasteiger partial charge in [-0.1, -0.05) is 36.4 Å². The molecule has 7 heteroatoms. The number of benzene rings is 4. The van der Waals surface area contributed by atoms with Gasteiger partial charge in [-0.3, -0.25) is 4.99 Å². The zero-order chi connectivity index (χ0) is 26.9. The summed E-state index contributed by atoms with van der Waals surface area (Å²) < 4.78 is 50.5. The smallest absolute Gasteiger partial charge is 0.416 e. The SMILES string of the molecule is CCOC(=O)c1ccc2c(c1)-c1ccccc1[C@H](c1ccc(C(F)(F)F)cc1)C(c1ccc(OC)cc1)=N2. The van der Waals surface area contributed by atoms with Gasteiger partial charge in [0.15, 0.2) is 0 Å². The lowest BCUT2D eigenvalue weighted by Gasteiger charge is -2.22.